The van der Waals surface area contributed by atoms with E-state index in [2.05, 4.69) is 55.6 Å². The monoisotopic (exact) mass is 330 g/mol. The first kappa shape index (κ1) is 17.7. The fourth-order valence-corrected chi connectivity index (χ4v) is 4.22. The smallest absolute Gasteiger partial charge is 0.0104 e. The Hall–Kier alpha value is -2.08. The van der Waals surface area contributed by atoms with Crippen molar-refractivity contribution in [2.45, 2.75) is 57.3 Å². The Bertz CT molecular complexity index is 723. The summed E-state index contributed by atoms with van der Waals surface area (Å²) in [6.07, 6.45) is 13.8. The molecular weight excluding hydrogens is 300 g/mol. The molecule has 0 spiro atoms. The zero-order valence-corrected chi connectivity index (χ0v) is 15.3. The number of hydrogen-bond donors (Lipinski definition) is 0. The summed E-state index contributed by atoms with van der Waals surface area (Å²) in [6.45, 7) is 7.70. The molecule has 0 heterocycles. The van der Waals surface area contributed by atoms with Gasteiger partial charge in [-0.3, -0.25) is 0 Å². The zero-order chi connectivity index (χ0) is 17.5. The number of aryl methyl sites for hydroxylation is 1. The van der Waals surface area contributed by atoms with E-state index >= 15 is 0 Å². The van der Waals surface area contributed by atoms with Crippen LogP contribution >= 0.6 is 0 Å². The van der Waals surface area contributed by atoms with E-state index < -0.39 is 0 Å². The van der Waals surface area contributed by atoms with Gasteiger partial charge < -0.3 is 0 Å². The van der Waals surface area contributed by atoms with E-state index in [-0.39, 0.29) is 0 Å². The molecule has 2 aromatic rings. The summed E-state index contributed by atoms with van der Waals surface area (Å²) in [5.74, 6) is 0.576. The quantitative estimate of drug-likeness (QED) is 0.313. The standard InChI is InChI=1S/C25H30/c1-3-5-7-9-14-20-15-13-19-24-22-17-12-11-16-21(22)23(25(20)24)18-10-8-6-4-2/h3-4,11-13,15-17,19,23H,1-2,5-10,14,18H2. The maximum absolute atomic E-state index is 3.86. The van der Waals surface area contributed by atoms with E-state index in [1.165, 1.54) is 55.2 Å². The molecule has 0 aliphatic heterocycles. The van der Waals surface area contributed by atoms with Gasteiger partial charge in [-0.2, -0.15) is 0 Å². The molecule has 1 atom stereocenters. The van der Waals surface area contributed by atoms with Crippen LogP contribution < -0.4 is 0 Å². The van der Waals surface area contributed by atoms with Crippen LogP contribution in [-0.2, 0) is 6.42 Å². The van der Waals surface area contributed by atoms with Crippen LogP contribution in [0, 0.1) is 0 Å². The van der Waals surface area contributed by atoms with Crippen LogP contribution in [0.5, 0.6) is 0 Å². The maximum atomic E-state index is 3.86. The highest BCUT2D eigenvalue weighted by molar-refractivity contribution is 5.80. The second-order valence-corrected chi connectivity index (χ2v) is 7.13. The predicted octanol–water partition coefficient (Wildman–Crippen LogP) is 7.44. The summed E-state index contributed by atoms with van der Waals surface area (Å²) >= 11 is 0. The van der Waals surface area contributed by atoms with Gasteiger partial charge in [-0.15, -0.1) is 13.2 Å². The highest BCUT2D eigenvalue weighted by Gasteiger charge is 2.29. The van der Waals surface area contributed by atoms with Crippen LogP contribution in [0.1, 0.15) is 67.6 Å². The van der Waals surface area contributed by atoms with Crippen LogP contribution in [0.4, 0.5) is 0 Å². The molecule has 0 N–H and O–H groups in total. The van der Waals surface area contributed by atoms with Crippen LogP contribution in [0.3, 0.4) is 0 Å². The molecule has 2 aromatic carbocycles. The fourth-order valence-electron chi connectivity index (χ4n) is 4.22. The van der Waals surface area contributed by atoms with Crippen LogP contribution in [-0.4, -0.2) is 0 Å². The minimum Gasteiger partial charge on any atom is -0.103 e. The molecule has 3 rings (SSSR count). The van der Waals surface area contributed by atoms with Crippen LogP contribution in [0.25, 0.3) is 11.1 Å². The molecule has 0 radical (unpaired) electrons. The van der Waals surface area contributed by atoms with Crippen LogP contribution in [0.15, 0.2) is 67.8 Å². The molecule has 130 valence electrons. The summed E-state index contributed by atoms with van der Waals surface area (Å²) in [6, 6.07) is 16.0. The second-order valence-electron chi connectivity index (χ2n) is 7.13. The van der Waals surface area contributed by atoms with E-state index in [4.69, 9.17) is 0 Å². The molecule has 0 amide bonds. The lowest BCUT2D eigenvalue weighted by molar-refractivity contribution is 0.633. The molecule has 0 bridgehead atoms. The predicted molar refractivity (Wildman–Crippen MR) is 110 cm³/mol. The number of unbranched alkanes of at least 4 members (excludes halogenated alkanes) is 4. The lowest BCUT2D eigenvalue weighted by atomic mass is 9.87. The molecule has 0 fully saturated rings. The Balaban J connectivity index is 1.86. The third kappa shape index (κ3) is 3.95. The minimum absolute atomic E-state index is 0.576. The van der Waals surface area contributed by atoms with E-state index in [9.17, 15) is 0 Å². The molecule has 1 aliphatic rings. The van der Waals surface area contributed by atoms with Crippen molar-refractivity contribution in [3.8, 4) is 11.1 Å². The number of benzene rings is 2. The molecule has 0 saturated heterocycles. The van der Waals surface area contributed by atoms with Crippen molar-refractivity contribution in [3.63, 3.8) is 0 Å². The van der Waals surface area contributed by atoms with E-state index in [0.717, 1.165) is 12.8 Å². The number of hydrogen-bond acceptors (Lipinski definition) is 0. The summed E-state index contributed by atoms with van der Waals surface area (Å²) in [5, 5.41) is 0. The molecule has 0 saturated carbocycles. The Morgan fingerprint density at radius 3 is 2.28 bits per heavy atom. The molecule has 25 heavy (non-hydrogen) atoms. The lowest BCUT2D eigenvalue weighted by Crippen LogP contribution is -2.01. The Morgan fingerprint density at radius 1 is 0.760 bits per heavy atom. The van der Waals surface area contributed by atoms with Crippen molar-refractivity contribution < 1.29 is 0 Å². The molecule has 0 nitrogen and oxygen atoms in total. The lowest BCUT2D eigenvalue weighted by Gasteiger charge is -2.17. The van der Waals surface area contributed by atoms with Crippen molar-refractivity contribution in [3.05, 3.63) is 84.5 Å². The average molecular weight is 331 g/mol. The van der Waals surface area contributed by atoms with Gasteiger partial charge in [-0.1, -0.05) is 61.0 Å². The van der Waals surface area contributed by atoms with Crippen molar-refractivity contribution in [1.82, 2.24) is 0 Å². The maximum Gasteiger partial charge on any atom is 0.0104 e. The molecule has 1 aliphatic carbocycles. The summed E-state index contributed by atoms with van der Waals surface area (Å²) in [4.78, 5) is 0. The first-order valence-electron chi connectivity index (χ1n) is 9.79. The Labute approximate surface area is 153 Å². The van der Waals surface area contributed by atoms with Crippen molar-refractivity contribution in [2.24, 2.45) is 0 Å². The summed E-state index contributed by atoms with van der Waals surface area (Å²) in [5.41, 5.74) is 7.65. The molecule has 0 aromatic heterocycles. The third-order valence-corrected chi connectivity index (χ3v) is 5.43. The van der Waals surface area contributed by atoms with Gasteiger partial charge in [-0.25, -0.2) is 0 Å². The van der Waals surface area contributed by atoms with Crippen molar-refractivity contribution in [2.75, 3.05) is 0 Å². The van der Waals surface area contributed by atoms with Gasteiger partial charge in [0.1, 0.15) is 0 Å². The van der Waals surface area contributed by atoms with Gasteiger partial charge in [0.25, 0.3) is 0 Å². The summed E-state index contributed by atoms with van der Waals surface area (Å²) < 4.78 is 0. The van der Waals surface area contributed by atoms with E-state index in [1.807, 2.05) is 12.2 Å². The van der Waals surface area contributed by atoms with Crippen molar-refractivity contribution in [1.29, 1.82) is 0 Å². The van der Waals surface area contributed by atoms with Gasteiger partial charge in [0.15, 0.2) is 0 Å². The number of allylic oxidation sites excluding steroid dienone is 2. The highest BCUT2D eigenvalue weighted by Crippen LogP contribution is 2.48. The molecule has 1 unspecified atom stereocenters. The topological polar surface area (TPSA) is 0 Å². The number of rotatable bonds is 10. The Morgan fingerprint density at radius 2 is 1.48 bits per heavy atom. The van der Waals surface area contributed by atoms with Gasteiger partial charge in [-0.05, 0) is 72.8 Å². The summed E-state index contributed by atoms with van der Waals surface area (Å²) in [7, 11) is 0. The van der Waals surface area contributed by atoms with Crippen LogP contribution in [0.2, 0.25) is 0 Å². The van der Waals surface area contributed by atoms with Gasteiger partial charge >= 0.3 is 0 Å². The first-order chi connectivity index (χ1) is 12.4. The largest absolute Gasteiger partial charge is 0.103 e. The average Bonchev–Trinajstić information content (AvgIpc) is 2.97. The Kier molecular flexibility index (Phi) is 6.28. The molecule has 0 heteroatoms. The zero-order valence-electron chi connectivity index (χ0n) is 15.3. The SMILES string of the molecule is C=CCCCCc1cccc2c1C(CCCCC=C)c1ccccc1-2. The van der Waals surface area contributed by atoms with Gasteiger partial charge in [0.2, 0.25) is 0 Å². The van der Waals surface area contributed by atoms with Gasteiger partial charge in [0, 0.05) is 5.92 Å². The third-order valence-electron chi connectivity index (χ3n) is 5.43. The first-order valence-corrected chi connectivity index (χ1v) is 9.79. The normalized spacial score (nSPS) is 14.8. The second kappa shape index (κ2) is 8.85. The van der Waals surface area contributed by atoms with Gasteiger partial charge in [0.05, 0.1) is 0 Å². The fraction of sp³-hybridized carbons (Fsp3) is 0.360. The van der Waals surface area contributed by atoms with Crippen molar-refractivity contribution >= 4 is 0 Å². The van der Waals surface area contributed by atoms with E-state index in [1.54, 1.807) is 11.1 Å². The molecular formula is C25H30. The van der Waals surface area contributed by atoms with E-state index in [0.29, 0.717) is 5.92 Å². The number of fused-ring (bicyclic) bond motifs is 3. The minimum atomic E-state index is 0.576. The highest BCUT2D eigenvalue weighted by atomic mass is 14.3.